The molecule has 2 aliphatic heterocycles. The van der Waals surface area contributed by atoms with E-state index in [-0.39, 0.29) is 0 Å². The second-order valence-corrected chi connectivity index (χ2v) is 6.90. The minimum atomic E-state index is 0.707. The molecule has 1 N–H and O–H groups in total. The Morgan fingerprint density at radius 1 is 1.40 bits per heavy atom. The predicted molar refractivity (Wildman–Crippen MR) is 69.4 cm³/mol. The maximum atomic E-state index is 3.60. The number of rotatable bonds is 2. The Balaban J connectivity index is 2.03. The number of thioether (sulfide) groups is 1. The zero-order chi connectivity index (χ0) is 10.7. The molecule has 2 fully saturated rings. The molecule has 2 heterocycles. The molecule has 0 aromatic heterocycles. The van der Waals surface area contributed by atoms with Gasteiger partial charge in [-0.25, -0.2) is 0 Å². The molecular formula is C13H25NS. The number of nitrogens with one attached hydrogen (secondary N) is 1. The highest BCUT2D eigenvalue weighted by molar-refractivity contribution is 7.99. The van der Waals surface area contributed by atoms with Crippen molar-refractivity contribution in [2.24, 2.45) is 17.3 Å². The average Bonchev–Trinajstić information content (AvgIpc) is 2.23. The predicted octanol–water partition coefficient (Wildman–Crippen LogP) is 3.16. The number of hydrogen-bond acceptors (Lipinski definition) is 2. The molecular weight excluding hydrogens is 202 g/mol. The van der Waals surface area contributed by atoms with Crippen molar-refractivity contribution in [3.05, 3.63) is 0 Å². The smallest absolute Gasteiger partial charge is 0.000719 e. The van der Waals surface area contributed by atoms with E-state index in [1.165, 1.54) is 50.3 Å². The average molecular weight is 227 g/mol. The van der Waals surface area contributed by atoms with Crippen molar-refractivity contribution < 1.29 is 0 Å². The molecule has 0 aromatic rings. The third-order valence-electron chi connectivity index (χ3n) is 4.17. The van der Waals surface area contributed by atoms with Crippen molar-refractivity contribution in [2.45, 2.75) is 39.5 Å². The van der Waals surface area contributed by atoms with Crippen molar-refractivity contribution in [2.75, 3.05) is 24.6 Å². The SMILES string of the molecule is CC(C)CC1CNCCC12CCCSC2. The highest BCUT2D eigenvalue weighted by Gasteiger charge is 2.41. The molecule has 0 amide bonds. The molecule has 2 rings (SSSR count). The first kappa shape index (κ1) is 11.8. The van der Waals surface area contributed by atoms with E-state index in [1.807, 2.05) is 0 Å². The molecule has 2 heteroatoms. The summed E-state index contributed by atoms with van der Waals surface area (Å²) in [5.74, 6) is 4.65. The molecule has 0 aromatic carbocycles. The first-order valence-corrected chi connectivity index (χ1v) is 7.67. The quantitative estimate of drug-likeness (QED) is 0.778. The van der Waals surface area contributed by atoms with Crippen LogP contribution in [-0.4, -0.2) is 24.6 Å². The second kappa shape index (κ2) is 5.09. The van der Waals surface area contributed by atoms with E-state index in [0.717, 1.165) is 11.8 Å². The van der Waals surface area contributed by atoms with Gasteiger partial charge >= 0.3 is 0 Å². The maximum absolute atomic E-state index is 3.60. The fourth-order valence-electron chi connectivity index (χ4n) is 3.33. The van der Waals surface area contributed by atoms with Crippen molar-refractivity contribution in [3.63, 3.8) is 0 Å². The van der Waals surface area contributed by atoms with Gasteiger partial charge in [-0.1, -0.05) is 13.8 Å². The molecule has 0 radical (unpaired) electrons. The fourth-order valence-corrected chi connectivity index (χ4v) is 4.75. The lowest BCUT2D eigenvalue weighted by atomic mass is 9.66. The molecule has 1 spiro atoms. The van der Waals surface area contributed by atoms with E-state index in [4.69, 9.17) is 0 Å². The van der Waals surface area contributed by atoms with Gasteiger partial charge in [0.25, 0.3) is 0 Å². The van der Waals surface area contributed by atoms with Crippen molar-refractivity contribution >= 4 is 11.8 Å². The Hall–Kier alpha value is 0.310. The highest BCUT2D eigenvalue weighted by atomic mass is 32.2. The summed E-state index contributed by atoms with van der Waals surface area (Å²) in [6, 6.07) is 0. The first-order valence-electron chi connectivity index (χ1n) is 6.51. The van der Waals surface area contributed by atoms with Gasteiger partial charge in [0.2, 0.25) is 0 Å². The van der Waals surface area contributed by atoms with Crippen LogP contribution in [0.4, 0.5) is 0 Å². The number of piperidine rings is 1. The first-order chi connectivity index (χ1) is 7.23. The van der Waals surface area contributed by atoms with Crippen LogP contribution in [0.5, 0.6) is 0 Å². The van der Waals surface area contributed by atoms with Gasteiger partial charge in [-0.3, -0.25) is 0 Å². The van der Waals surface area contributed by atoms with Crippen molar-refractivity contribution in [1.29, 1.82) is 0 Å². The van der Waals surface area contributed by atoms with E-state index in [9.17, 15) is 0 Å². The van der Waals surface area contributed by atoms with Crippen LogP contribution >= 0.6 is 11.8 Å². The van der Waals surface area contributed by atoms with Gasteiger partial charge in [0.15, 0.2) is 0 Å². The van der Waals surface area contributed by atoms with Gasteiger partial charge in [0, 0.05) is 0 Å². The minimum absolute atomic E-state index is 0.707. The molecule has 88 valence electrons. The Labute approximate surface area is 98.8 Å². The van der Waals surface area contributed by atoms with E-state index in [1.54, 1.807) is 0 Å². The van der Waals surface area contributed by atoms with E-state index in [0.29, 0.717) is 5.41 Å². The van der Waals surface area contributed by atoms with Crippen molar-refractivity contribution in [1.82, 2.24) is 5.32 Å². The molecule has 2 atom stereocenters. The second-order valence-electron chi connectivity index (χ2n) is 5.80. The van der Waals surface area contributed by atoms with Gasteiger partial charge in [-0.05, 0) is 67.5 Å². The summed E-state index contributed by atoms with van der Waals surface area (Å²) < 4.78 is 0. The molecule has 0 aliphatic carbocycles. The topological polar surface area (TPSA) is 12.0 Å². The zero-order valence-corrected chi connectivity index (χ0v) is 11.0. The molecule has 2 aliphatic rings. The fraction of sp³-hybridized carbons (Fsp3) is 1.00. The van der Waals surface area contributed by atoms with Gasteiger partial charge in [0.05, 0.1) is 0 Å². The summed E-state index contributed by atoms with van der Waals surface area (Å²) in [6.07, 6.45) is 5.81. The summed E-state index contributed by atoms with van der Waals surface area (Å²) in [5, 5.41) is 3.60. The lowest BCUT2D eigenvalue weighted by molar-refractivity contribution is 0.100. The lowest BCUT2D eigenvalue weighted by Gasteiger charge is -2.47. The van der Waals surface area contributed by atoms with Crippen LogP contribution in [0.25, 0.3) is 0 Å². The summed E-state index contributed by atoms with van der Waals surface area (Å²) in [7, 11) is 0. The minimum Gasteiger partial charge on any atom is -0.316 e. The van der Waals surface area contributed by atoms with E-state index < -0.39 is 0 Å². The van der Waals surface area contributed by atoms with Gasteiger partial charge in [-0.2, -0.15) is 11.8 Å². The van der Waals surface area contributed by atoms with Gasteiger partial charge < -0.3 is 5.32 Å². The van der Waals surface area contributed by atoms with E-state index in [2.05, 4.69) is 30.9 Å². The molecule has 15 heavy (non-hydrogen) atoms. The molecule has 2 saturated heterocycles. The molecule has 2 unspecified atom stereocenters. The van der Waals surface area contributed by atoms with Gasteiger partial charge in [-0.15, -0.1) is 0 Å². The molecule has 0 saturated carbocycles. The standard InChI is InChI=1S/C13H25NS/c1-11(2)8-12-9-14-6-5-13(12)4-3-7-15-10-13/h11-12,14H,3-10H2,1-2H3. The number of hydrogen-bond donors (Lipinski definition) is 1. The third-order valence-corrected chi connectivity index (χ3v) is 5.52. The van der Waals surface area contributed by atoms with E-state index >= 15 is 0 Å². The Bertz CT molecular complexity index is 188. The van der Waals surface area contributed by atoms with Crippen LogP contribution in [0, 0.1) is 17.3 Å². The summed E-state index contributed by atoms with van der Waals surface area (Å²) >= 11 is 2.20. The van der Waals surface area contributed by atoms with Crippen LogP contribution < -0.4 is 5.32 Å². The van der Waals surface area contributed by atoms with Crippen LogP contribution in [0.1, 0.15) is 39.5 Å². The summed E-state index contributed by atoms with van der Waals surface area (Å²) in [6.45, 7) is 7.28. The van der Waals surface area contributed by atoms with Gasteiger partial charge in [0.1, 0.15) is 0 Å². The molecule has 1 nitrogen and oxygen atoms in total. The van der Waals surface area contributed by atoms with Crippen LogP contribution in [0.2, 0.25) is 0 Å². The largest absolute Gasteiger partial charge is 0.316 e. The third kappa shape index (κ3) is 2.71. The summed E-state index contributed by atoms with van der Waals surface area (Å²) in [4.78, 5) is 0. The van der Waals surface area contributed by atoms with Crippen LogP contribution in [0.15, 0.2) is 0 Å². The maximum Gasteiger partial charge on any atom is -0.000719 e. The zero-order valence-electron chi connectivity index (χ0n) is 10.2. The Kier molecular flexibility index (Phi) is 4.00. The Morgan fingerprint density at radius 3 is 2.93 bits per heavy atom. The summed E-state index contributed by atoms with van der Waals surface area (Å²) in [5.41, 5.74) is 0.707. The Morgan fingerprint density at radius 2 is 2.27 bits per heavy atom. The highest BCUT2D eigenvalue weighted by Crippen LogP contribution is 2.46. The van der Waals surface area contributed by atoms with Crippen molar-refractivity contribution in [3.8, 4) is 0 Å². The monoisotopic (exact) mass is 227 g/mol. The van der Waals surface area contributed by atoms with Crippen LogP contribution in [0.3, 0.4) is 0 Å². The normalized spacial score (nSPS) is 37.4. The molecule has 0 bridgehead atoms. The lowest BCUT2D eigenvalue weighted by Crippen LogP contribution is -2.48. The van der Waals surface area contributed by atoms with Crippen LogP contribution in [-0.2, 0) is 0 Å².